The quantitative estimate of drug-likeness (QED) is 0.647. The number of rotatable bonds is 5. The molecule has 0 amide bonds. The van der Waals surface area contributed by atoms with Gasteiger partial charge in [0.2, 0.25) is 0 Å². The Bertz CT molecular complexity index is 590. The summed E-state index contributed by atoms with van der Waals surface area (Å²) in [5, 5.41) is 0. The first kappa shape index (κ1) is 15.1. The van der Waals surface area contributed by atoms with Crippen LogP contribution < -0.4 is 11.3 Å². The van der Waals surface area contributed by atoms with Gasteiger partial charge in [-0.3, -0.25) is 11.3 Å². The Balaban J connectivity index is 2.11. The molecule has 0 aliphatic heterocycles. The number of halogens is 3. The molecule has 0 aliphatic carbocycles. The molecule has 0 saturated carbocycles. The Morgan fingerprint density at radius 2 is 1.85 bits per heavy atom. The van der Waals surface area contributed by atoms with Gasteiger partial charge in [-0.05, 0) is 42.2 Å². The van der Waals surface area contributed by atoms with Gasteiger partial charge in [-0.1, -0.05) is 40.2 Å². The van der Waals surface area contributed by atoms with Crippen LogP contribution in [0, 0.1) is 11.6 Å². The maximum Gasteiger partial charge on any atom is 0.162 e. The summed E-state index contributed by atoms with van der Waals surface area (Å²) in [4.78, 5) is 0. The lowest BCUT2D eigenvalue weighted by Gasteiger charge is -2.16. The average Bonchev–Trinajstić information content (AvgIpc) is 2.43. The third-order valence-corrected chi connectivity index (χ3v) is 3.60. The predicted molar refractivity (Wildman–Crippen MR) is 79.0 cm³/mol. The Morgan fingerprint density at radius 1 is 1.10 bits per heavy atom. The zero-order chi connectivity index (χ0) is 14.5. The second kappa shape index (κ2) is 6.92. The lowest BCUT2D eigenvalue weighted by molar-refractivity contribution is 0.474. The highest BCUT2D eigenvalue weighted by atomic mass is 79.9. The molecule has 0 heterocycles. The van der Waals surface area contributed by atoms with Crippen LogP contribution in [-0.2, 0) is 12.8 Å². The topological polar surface area (TPSA) is 38.0 Å². The molecular formula is C15H15BrF2N2. The summed E-state index contributed by atoms with van der Waals surface area (Å²) in [6.07, 6.45) is 0.957. The molecule has 0 radical (unpaired) electrons. The van der Waals surface area contributed by atoms with E-state index in [1.807, 2.05) is 24.3 Å². The highest BCUT2D eigenvalue weighted by Gasteiger charge is 2.14. The minimum Gasteiger partial charge on any atom is -0.271 e. The molecule has 0 bridgehead atoms. The third kappa shape index (κ3) is 3.85. The molecule has 0 aliphatic rings. The van der Waals surface area contributed by atoms with Gasteiger partial charge in [-0.15, -0.1) is 0 Å². The molecule has 20 heavy (non-hydrogen) atoms. The number of nitrogens with two attached hydrogens (primary N) is 1. The monoisotopic (exact) mass is 340 g/mol. The van der Waals surface area contributed by atoms with E-state index >= 15 is 0 Å². The van der Waals surface area contributed by atoms with Gasteiger partial charge in [-0.25, -0.2) is 8.78 Å². The van der Waals surface area contributed by atoms with Gasteiger partial charge in [-0.2, -0.15) is 0 Å². The molecule has 106 valence electrons. The van der Waals surface area contributed by atoms with E-state index in [9.17, 15) is 8.78 Å². The normalized spacial score (nSPS) is 12.4. The highest BCUT2D eigenvalue weighted by Crippen LogP contribution is 2.17. The number of benzene rings is 2. The van der Waals surface area contributed by atoms with Crippen LogP contribution in [0.3, 0.4) is 0 Å². The highest BCUT2D eigenvalue weighted by molar-refractivity contribution is 9.10. The summed E-state index contributed by atoms with van der Waals surface area (Å²) in [6.45, 7) is 0. The van der Waals surface area contributed by atoms with E-state index in [2.05, 4.69) is 21.4 Å². The van der Waals surface area contributed by atoms with Gasteiger partial charge in [0.1, 0.15) is 0 Å². The number of hydrogen-bond donors (Lipinski definition) is 2. The summed E-state index contributed by atoms with van der Waals surface area (Å²) < 4.78 is 27.8. The van der Waals surface area contributed by atoms with Gasteiger partial charge in [0.25, 0.3) is 0 Å². The van der Waals surface area contributed by atoms with E-state index < -0.39 is 11.6 Å². The lowest BCUT2D eigenvalue weighted by atomic mass is 9.99. The van der Waals surface area contributed by atoms with Gasteiger partial charge >= 0.3 is 0 Å². The zero-order valence-corrected chi connectivity index (χ0v) is 12.3. The van der Waals surface area contributed by atoms with E-state index in [4.69, 9.17) is 5.84 Å². The lowest BCUT2D eigenvalue weighted by Crippen LogP contribution is -2.38. The fourth-order valence-corrected chi connectivity index (χ4v) is 2.56. The number of hydrogen-bond acceptors (Lipinski definition) is 2. The zero-order valence-electron chi connectivity index (χ0n) is 10.7. The molecule has 1 atom stereocenters. The summed E-state index contributed by atoms with van der Waals surface area (Å²) in [7, 11) is 0. The van der Waals surface area contributed by atoms with E-state index in [0.717, 1.165) is 16.1 Å². The van der Waals surface area contributed by atoms with Crippen molar-refractivity contribution in [1.29, 1.82) is 0 Å². The molecule has 2 rings (SSSR count). The van der Waals surface area contributed by atoms with Crippen LogP contribution in [0.1, 0.15) is 11.1 Å². The summed E-state index contributed by atoms with van der Waals surface area (Å²) >= 11 is 3.40. The van der Waals surface area contributed by atoms with Crippen molar-refractivity contribution in [3.8, 4) is 0 Å². The standard InChI is InChI=1S/C15H15BrF2N2/c16-12-5-1-3-10(7-12)8-13(20-19)9-11-4-2-6-14(17)15(11)18/h1-7,13,20H,8-9,19H2. The predicted octanol–water partition coefficient (Wildman–Crippen LogP) is 3.34. The molecule has 0 fully saturated rings. The fraction of sp³-hybridized carbons (Fsp3) is 0.200. The number of nitrogens with one attached hydrogen (secondary N) is 1. The minimum absolute atomic E-state index is 0.166. The molecule has 3 N–H and O–H groups in total. The Labute approximate surface area is 125 Å². The third-order valence-electron chi connectivity index (χ3n) is 3.10. The van der Waals surface area contributed by atoms with Crippen molar-refractivity contribution in [2.75, 3.05) is 0 Å². The number of hydrazine groups is 1. The first-order valence-electron chi connectivity index (χ1n) is 6.23. The van der Waals surface area contributed by atoms with Gasteiger partial charge in [0, 0.05) is 10.5 Å². The second-order valence-corrected chi connectivity index (χ2v) is 5.53. The van der Waals surface area contributed by atoms with Crippen molar-refractivity contribution in [2.24, 2.45) is 5.84 Å². The van der Waals surface area contributed by atoms with Gasteiger partial charge < -0.3 is 0 Å². The van der Waals surface area contributed by atoms with E-state index in [1.54, 1.807) is 6.07 Å². The molecule has 2 aromatic rings. The molecule has 1 unspecified atom stereocenters. The van der Waals surface area contributed by atoms with Crippen molar-refractivity contribution in [3.05, 3.63) is 69.7 Å². The van der Waals surface area contributed by atoms with Crippen LogP contribution in [0.25, 0.3) is 0 Å². The molecular weight excluding hydrogens is 326 g/mol. The molecule has 0 aromatic heterocycles. The van der Waals surface area contributed by atoms with Gasteiger partial charge in [0.15, 0.2) is 11.6 Å². The first-order chi connectivity index (χ1) is 9.60. The first-order valence-corrected chi connectivity index (χ1v) is 7.03. The van der Waals surface area contributed by atoms with Crippen molar-refractivity contribution < 1.29 is 8.78 Å². The van der Waals surface area contributed by atoms with Crippen LogP contribution in [0.4, 0.5) is 8.78 Å². The van der Waals surface area contributed by atoms with Gasteiger partial charge in [0.05, 0.1) is 0 Å². The summed E-state index contributed by atoms with van der Waals surface area (Å²) in [5.41, 5.74) is 4.05. The largest absolute Gasteiger partial charge is 0.271 e. The Morgan fingerprint density at radius 3 is 2.55 bits per heavy atom. The maximum absolute atomic E-state index is 13.7. The SMILES string of the molecule is NNC(Cc1cccc(Br)c1)Cc1cccc(F)c1F. The minimum atomic E-state index is -0.833. The van der Waals surface area contributed by atoms with Crippen molar-refractivity contribution in [1.82, 2.24) is 5.43 Å². The van der Waals surface area contributed by atoms with Crippen LogP contribution >= 0.6 is 15.9 Å². The fourth-order valence-electron chi connectivity index (χ4n) is 2.11. The average molecular weight is 341 g/mol. The summed E-state index contributed by atoms with van der Waals surface area (Å²) in [5.74, 6) is 3.88. The summed E-state index contributed by atoms with van der Waals surface area (Å²) in [6, 6.07) is 11.8. The van der Waals surface area contributed by atoms with Crippen molar-refractivity contribution in [2.45, 2.75) is 18.9 Å². The molecule has 2 aromatic carbocycles. The molecule has 0 spiro atoms. The smallest absolute Gasteiger partial charge is 0.162 e. The van der Waals surface area contributed by atoms with E-state index in [0.29, 0.717) is 18.4 Å². The molecule has 5 heteroatoms. The van der Waals surface area contributed by atoms with Crippen molar-refractivity contribution in [3.63, 3.8) is 0 Å². The Kier molecular flexibility index (Phi) is 5.23. The van der Waals surface area contributed by atoms with Crippen LogP contribution in [0.5, 0.6) is 0 Å². The van der Waals surface area contributed by atoms with Crippen LogP contribution in [0.15, 0.2) is 46.9 Å². The van der Waals surface area contributed by atoms with Crippen molar-refractivity contribution >= 4 is 15.9 Å². The van der Waals surface area contributed by atoms with E-state index in [-0.39, 0.29) is 6.04 Å². The molecule has 2 nitrogen and oxygen atoms in total. The van der Waals surface area contributed by atoms with E-state index in [1.165, 1.54) is 6.07 Å². The van der Waals surface area contributed by atoms with Crippen LogP contribution in [-0.4, -0.2) is 6.04 Å². The maximum atomic E-state index is 13.7. The Hall–Kier alpha value is -1.30. The second-order valence-electron chi connectivity index (χ2n) is 4.61. The van der Waals surface area contributed by atoms with Crippen LogP contribution in [0.2, 0.25) is 0 Å². The molecule has 0 saturated heterocycles.